The first-order chi connectivity index (χ1) is 8.40. The maximum atomic E-state index is 13.6. The average molecular weight is 319 g/mol. The Morgan fingerprint density at radius 3 is 2.72 bits per heavy atom. The van der Waals surface area contributed by atoms with Gasteiger partial charge in [0.05, 0.1) is 6.10 Å². The van der Waals surface area contributed by atoms with E-state index in [2.05, 4.69) is 21.2 Å². The second-order valence-corrected chi connectivity index (χ2v) is 5.63. The molecule has 0 radical (unpaired) electrons. The van der Waals surface area contributed by atoms with E-state index in [0.717, 1.165) is 4.47 Å². The Morgan fingerprint density at radius 2 is 2.11 bits per heavy atom. The van der Waals surface area contributed by atoms with Crippen molar-refractivity contribution < 1.29 is 9.50 Å². The smallest absolute Gasteiger partial charge is 0.128 e. The van der Waals surface area contributed by atoms with Crippen molar-refractivity contribution in [3.63, 3.8) is 0 Å². The van der Waals surface area contributed by atoms with E-state index in [0.29, 0.717) is 18.7 Å². The molecule has 2 unspecified atom stereocenters. The number of nitrogens with zero attached hydrogens (tertiary/aromatic N) is 1. The zero-order valence-corrected chi connectivity index (χ0v) is 12.5. The molecule has 1 aromatic rings. The van der Waals surface area contributed by atoms with Gasteiger partial charge in [0.25, 0.3) is 0 Å². The molecule has 5 heteroatoms. The van der Waals surface area contributed by atoms with Crippen LogP contribution in [-0.4, -0.2) is 43.3 Å². The Morgan fingerprint density at radius 1 is 1.44 bits per heavy atom. The van der Waals surface area contributed by atoms with Gasteiger partial charge < -0.3 is 15.3 Å². The molecule has 2 atom stereocenters. The summed E-state index contributed by atoms with van der Waals surface area (Å²) in [5.74, 6) is -0.236. The number of likely N-dealkylation sites (N-methyl/N-ethyl adjacent to an activating group) is 1. The zero-order chi connectivity index (χ0) is 13.7. The molecule has 102 valence electrons. The van der Waals surface area contributed by atoms with Gasteiger partial charge in [-0.15, -0.1) is 0 Å². The maximum Gasteiger partial charge on any atom is 0.128 e. The first-order valence-electron chi connectivity index (χ1n) is 5.91. The van der Waals surface area contributed by atoms with Crippen LogP contribution in [0.25, 0.3) is 0 Å². The minimum atomic E-state index is -0.460. The van der Waals surface area contributed by atoms with Gasteiger partial charge in [0.15, 0.2) is 0 Å². The number of aliphatic hydroxyl groups is 1. The van der Waals surface area contributed by atoms with E-state index >= 15 is 0 Å². The molecule has 2 N–H and O–H groups in total. The summed E-state index contributed by atoms with van der Waals surface area (Å²) in [5.41, 5.74) is 0.599. The summed E-state index contributed by atoms with van der Waals surface area (Å²) < 4.78 is 14.5. The van der Waals surface area contributed by atoms with E-state index < -0.39 is 6.10 Å². The second-order valence-electron chi connectivity index (χ2n) is 4.71. The number of nitrogens with one attached hydrogen (secondary N) is 1. The molecule has 0 aliphatic rings. The molecule has 0 spiro atoms. The van der Waals surface area contributed by atoms with Gasteiger partial charge in [-0.2, -0.15) is 0 Å². The molecule has 0 heterocycles. The number of benzene rings is 1. The SMILES string of the molecule is CC(NCC(O)CN(C)C)c1cc(Br)ccc1F. The largest absolute Gasteiger partial charge is 0.390 e. The van der Waals surface area contributed by atoms with Gasteiger partial charge in [0, 0.05) is 29.2 Å². The van der Waals surface area contributed by atoms with Crippen molar-refractivity contribution in [2.24, 2.45) is 0 Å². The molecule has 1 aromatic carbocycles. The van der Waals surface area contributed by atoms with Crippen molar-refractivity contribution in [1.82, 2.24) is 10.2 Å². The van der Waals surface area contributed by atoms with Crippen LogP contribution in [0.15, 0.2) is 22.7 Å². The topological polar surface area (TPSA) is 35.5 Å². The highest BCUT2D eigenvalue weighted by Crippen LogP contribution is 2.21. The first-order valence-corrected chi connectivity index (χ1v) is 6.70. The molecular weight excluding hydrogens is 299 g/mol. The van der Waals surface area contributed by atoms with Gasteiger partial charge in [-0.1, -0.05) is 15.9 Å². The predicted molar refractivity (Wildman–Crippen MR) is 75.1 cm³/mol. The van der Waals surface area contributed by atoms with Crippen LogP contribution >= 0.6 is 15.9 Å². The van der Waals surface area contributed by atoms with Crippen molar-refractivity contribution in [1.29, 1.82) is 0 Å². The fourth-order valence-electron chi connectivity index (χ4n) is 1.76. The molecule has 0 aliphatic carbocycles. The third kappa shape index (κ3) is 5.02. The average Bonchev–Trinajstić information content (AvgIpc) is 2.28. The molecule has 3 nitrogen and oxygen atoms in total. The lowest BCUT2D eigenvalue weighted by molar-refractivity contribution is 0.132. The summed E-state index contributed by atoms with van der Waals surface area (Å²) >= 11 is 3.33. The first kappa shape index (κ1) is 15.6. The highest BCUT2D eigenvalue weighted by atomic mass is 79.9. The number of aliphatic hydroxyl groups excluding tert-OH is 1. The summed E-state index contributed by atoms with van der Waals surface area (Å²) in [6.07, 6.45) is -0.460. The highest BCUT2D eigenvalue weighted by molar-refractivity contribution is 9.10. The molecule has 0 saturated carbocycles. The molecule has 0 aromatic heterocycles. The molecular formula is C13H20BrFN2O. The molecule has 0 saturated heterocycles. The van der Waals surface area contributed by atoms with Crippen LogP contribution in [-0.2, 0) is 0 Å². The Balaban J connectivity index is 2.54. The number of rotatable bonds is 6. The van der Waals surface area contributed by atoms with Crippen LogP contribution in [0.4, 0.5) is 4.39 Å². The highest BCUT2D eigenvalue weighted by Gasteiger charge is 2.13. The van der Waals surface area contributed by atoms with E-state index in [1.54, 1.807) is 12.1 Å². The fraction of sp³-hybridized carbons (Fsp3) is 0.538. The number of hydrogen-bond acceptors (Lipinski definition) is 3. The van der Waals surface area contributed by atoms with E-state index in [1.807, 2.05) is 25.9 Å². The molecule has 18 heavy (non-hydrogen) atoms. The Hall–Kier alpha value is -0.490. The summed E-state index contributed by atoms with van der Waals surface area (Å²) in [6.45, 7) is 2.90. The second kappa shape index (κ2) is 7.19. The van der Waals surface area contributed by atoms with Gasteiger partial charge in [0.2, 0.25) is 0 Å². The normalized spacial score (nSPS) is 14.8. The Labute approximate surface area is 116 Å². The predicted octanol–water partition coefficient (Wildman–Crippen LogP) is 2.16. The number of halogens is 2. The summed E-state index contributed by atoms with van der Waals surface area (Å²) in [5, 5.41) is 12.9. The van der Waals surface area contributed by atoms with Crippen LogP contribution in [0.3, 0.4) is 0 Å². The van der Waals surface area contributed by atoms with E-state index in [-0.39, 0.29) is 11.9 Å². The summed E-state index contributed by atoms with van der Waals surface area (Å²) in [7, 11) is 3.81. The Bertz CT molecular complexity index is 387. The fourth-order valence-corrected chi connectivity index (χ4v) is 2.13. The lowest BCUT2D eigenvalue weighted by atomic mass is 10.1. The van der Waals surface area contributed by atoms with E-state index in [1.165, 1.54) is 6.07 Å². The van der Waals surface area contributed by atoms with Crippen molar-refractivity contribution >= 4 is 15.9 Å². The van der Waals surface area contributed by atoms with Crippen molar-refractivity contribution in [3.8, 4) is 0 Å². The van der Waals surface area contributed by atoms with Crippen LogP contribution in [0.2, 0.25) is 0 Å². The lowest BCUT2D eigenvalue weighted by Crippen LogP contribution is -2.36. The third-order valence-electron chi connectivity index (χ3n) is 2.66. The van der Waals surface area contributed by atoms with Crippen LogP contribution in [0.5, 0.6) is 0 Å². The summed E-state index contributed by atoms with van der Waals surface area (Å²) in [6, 6.07) is 4.73. The van der Waals surface area contributed by atoms with Gasteiger partial charge >= 0.3 is 0 Å². The van der Waals surface area contributed by atoms with Gasteiger partial charge in [-0.25, -0.2) is 4.39 Å². The Kier molecular flexibility index (Phi) is 6.21. The van der Waals surface area contributed by atoms with Crippen LogP contribution in [0, 0.1) is 5.82 Å². The molecule has 0 fully saturated rings. The molecule has 0 aliphatic heterocycles. The molecule has 0 bridgehead atoms. The van der Waals surface area contributed by atoms with E-state index in [4.69, 9.17) is 0 Å². The minimum Gasteiger partial charge on any atom is -0.390 e. The number of hydrogen-bond donors (Lipinski definition) is 2. The minimum absolute atomic E-state index is 0.140. The maximum absolute atomic E-state index is 13.6. The monoisotopic (exact) mass is 318 g/mol. The van der Waals surface area contributed by atoms with Crippen LogP contribution in [0.1, 0.15) is 18.5 Å². The van der Waals surface area contributed by atoms with Crippen molar-refractivity contribution in [2.75, 3.05) is 27.2 Å². The quantitative estimate of drug-likeness (QED) is 0.843. The molecule has 0 amide bonds. The third-order valence-corrected chi connectivity index (χ3v) is 3.15. The lowest BCUT2D eigenvalue weighted by Gasteiger charge is -2.20. The van der Waals surface area contributed by atoms with Gasteiger partial charge in [-0.3, -0.25) is 0 Å². The zero-order valence-electron chi connectivity index (χ0n) is 11.0. The van der Waals surface area contributed by atoms with Crippen molar-refractivity contribution in [3.05, 3.63) is 34.1 Å². The van der Waals surface area contributed by atoms with Crippen LogP contribution < -0.4 is 5.32 Å². The van der Waals surface area contributed by atoms with E-state index in [9.17, 15) is 9.50 Å². The summed E-state index contributed by atoms with van der Waals surface area (Å²) in [4.78, 5) is 1.91. The van der Waals surface area contributed by atoms with Crippen molar-refractivity contribution in [2.45, 2.75) is 19.1 Å². The van der Waals surface area contributed by atoms with Gasteiger partial charge in [-0.05, 0) is 39.2 Å². The molecule has 1 rings (SSSR count). The van der Waals surface area contributed by atoms with Gasteiger partial charge in [0.1, 0.15) is 5.82 Å². The standard InChI is InChI=1S/C13H20BrFN2O/c1-9(16-7-11(18)8-17(2)3)12-6-10(14)4-5-13(12)15/h4-6,9,11,16,18H,7-8H2,1-3H3.